The van der Waals surface area contributed by atoms with Crippen LogP contribution in [0.4, 0.5) is 5.69 Å². The van der Waals surface area contributed by atoms with Crippen molar-refractivity contribution in [3.63, 3.8) is 0 Å². The van der Waals surface area contributed by atoms with Gasteiger partial charge in [-0.1, -0.05) is 48.2 Å². The van der Waals surface area contributed by atoms with Crippen molar-refractivity contribution < 1.29 is 4.79 Å². The highest BCUT2D eigenvalue weighted by atomic mass is 32.2. The van der Waals surface area contributed by atoms with E-state index in [2.05, 4.69) is 13.0 Å². The number of rotatable bonds is 5. The summed E-state index contributed by atoms with van der Waals surface area (Å²) in [5.41, 5.74) is 3.31. The van der Waals surface area contributed by atoms with Gasteiger partial charge in [0.1, 0.15) is 5.82 Å². The average Bonchev–Trinajstić information content (AvgIpc) is 3.41. The molecule has 5 nitrogen and oxygen atoms in total. The zero-order chi connectivity index (χ0) is 20.0. The number of hydrogen-bond donors (Lipinski definition) is 0. The van der Waals surface area contributed by atoms with Gasteiger partial charge >= 0.3 is 0 Å². The van der Waals surface area contributed by atoms with E-state index in [4.69, 9.17) is 10.1 Å². The summed E-state index contributed by atoms with van der Waals surface area (Å²) in [5, 5.41) is 5.18. The van der Waals surface area contributed by atoms with Crippen molar-refractivity contribution in [2.75, 3.05) is 4.90 Å². The number of para-hydroxylation sites is 2. The molecule has 148 valence electrons. The summed E-state index contributed by atoms with van der Waals surface area (Å²) in [5.74, 6) is 1.61. The van der Waals surface area contributed by atoms with E-state index in [-0.39, 0.29) is 17.2 Å². The van der Waals surface area contributed by atoms with Crippen LogP contribution >= 0.6 is 11.8 Å². The normalized spacial score (nSPS) is 19.2. The number of amides is 1. The number of anilines is 1. The molecular formula is C23H24N4OS. The van der Waals surface area contributed by atoms with E-state index >= 15 is 0 Å². The first-order chi connectivity index (χ1) is 14.1. The first-order valence-corrected chi connectivity index (χ1v) is 11.1. The first-order valence-electron chi connectivity index (χ1n) is 10.2. The standard InChI is InChI=1S/C23H24N4OS/c1-15-14-18-8-6-7-11-20(18)26(15)22(28)16(2)29-23-24-21(17-12-13-17)27(25-23)19-9-4-3-5-10-19/h3-11,15-17H,12-14H2,1-2H3/t15-,16+/m1/s1. The van der Waals surface area contributed by atoms with Crippen LogP contribution in [0.25, 0.3) is 5.69 Å². The van der Waals surface area contributed by atoms with Crippen molar-refractivity contribution in [1.29, 1.82) is 0 Å². The van der Waals surface area contributed by atoms with Crippen LogP contribution in [-0.4, -0.2) is 32.0 Å². The summed E-state index contributed by atoms with van der Waals surface area (Å²) in [4.78, 5) is 20.0. The van der Waals surface area contributed by atoms with Gasteiger partial charge in [-0.2, -0.15) is 0 Å². The number of benzene rings is 2. The first kappa shape index (κ1) is 18.4. The molecule has 0 saturated heterocycles. The number of thioether (sulfide) groups is 1. The van der Waals surface area contributed by atoms with Gasteiger partial charge in [-0.15, -0.1) is 5.10 Å². The molecule has 0 N–H and O–H groups in total. The molecule has 5 rings (SSSR count). The minimum Gasteiger partial charge on any atom is -0.308 e. The Morgan fingerprint density at radius 2 is 1.83 bits per heavy atom. The van der Waals surface area contributed by atoms with Crippen LogP contribution in [0.2, 0.25) is 0 Å². The third-order valence-corrected chi connectivity index (χ3v) is 6.57. The highest BCUT2D eigenvalue weighted by Crippen LogP contribution is 2.41. The maximum absolute atomic E-state index is 13.3. The molecule has 2 atom stereocenters. The highest BCUT2D eigenvalue weighted by molar-refractivity contribution is 8.00. The molecule has 0 bridgehead atoms. The molecule has 0 radical (unpaired) electrons. The van der Waals surface area contributed by atoms with Crippen molar-refractivity contribution in [3.05, 3.63) is 66.0 Å². The fraction of sp³-hybridized carbons (Fsp3) is 0.348. The molecule has 29 heavy (non-hydrogen) atoms. The van der Waals surface area contributed by atoms with E-state index in [0.29, 0.717) is 11.1 Å². The van der Waals surface area contributed by atoms with Crippen molar-refractivity contribution in [2.45, 2.75) is 55.5 Å². The van der Waals surface area contributed by atoms with Gasteiger partial charge < -0.3 is 4.90 Å². The molecule has 2 aromatic carbocycles. The van der Waals surface area contributed by atoms with Gasteiger partial charge in [0, 0.05) is 17.6 Å². The lowest BCUT2D eigenvalue weighted by Crippen LogP contribution is -2.40. The van der Waals surface area contributed by atoms with E-state index in [1.165, 1.54) is 17.3 Å². The third-order valence-electron chi connectivity index (χ3n) is 5.63. The molecule has 0 spiro atoms. The molecule has 2 aliphatic rings. The van der Waals surface area contributed by atoms with Gasteiger partial charge in [0.25, 0.3) is 0 Å². The lowest BCUT2D eigenvalue weighted by molar-refractivity contribution is -0.118. The third kappa shape index (κ3) is 3.46. The molecule has 2 heterocycles. The van der Waals surface area contributed by atoms with Gasteiger partial charge in [0.15, 0.2) is 0 Å². The predicted octanol–water partition coefficient (Wildman–Crippen LogP) is 4.60. The molecule has 6 heteroatoms. The second kappa shape index (κ2) is 7.34. The Morgan fingerprint density at radius 1 is 1.10 bits per heavy atom. The molecule has 1 aliphatic carbocycles. The second-order valence-corrected chi connectivity index (χ2v) is 9.23. The van der Waals surface area contributed by atoms with Crippen LogP contribution in [0.5, 0.6) is 0 Å². The van der Waals surface area contributed by atoms with Gasteiger partial charge in [0.05, 0.1) is 10.9 Å². The number of aromatic nitrogens is 3. The van der Waals surface area contributed by atoms with E-state index in [0.717, 1.165) is 36.5 Å². The largest absolute Gasteiger partial charge is 0.308 e. The molecule has 1 amide bonds. The van der Waals surface area contributed by atoms with E-state index in [9.17, 15) is 4.79 Å². The summed E-state index contributed by atoms with van der Waals surface area (Å²) in [6, 6.07) is 18.5. The SMILES string of the molecule is C[C@H](Sc1nc(C2CC2)n(-c2ccccc2)n1)C(=O)N1c2ccccc2C[C@H]1C. The molecule has 1 fully saturated rings. The molecule has 1 saturated carbocycles. The topological polar surface area (TPSA) is 51.0 Å². The Morgan fingerprint density at radius 3 is 2.59 bits per heavy atom. The summed E-state index contributed by atoms with van der Waals surface area (Å²) in [6.07, 6.45) is 3.23. The van der Waals surface area contributed by atoms with Crippen molar-refractivity contribution in [2.24, 2.45) is 0 Å². The zero-order valence-electron chi connectivity index (χ0n) is 16.7. The number of fused-ring (bicyclic) bond motifs is 1. The second-order valence-electron chi connectivity index (χ2n) is 7.92. The summed E-state index contributed by atoms with van der Waals surface area (Å²) in [7, 11) is 0. The molecule has 3 aromatic rings. The lowest BCUT2D eigenvalue weighted by atomic mass is 10.1. The number of carbonyl (C=O) groups excluding carboxylic acids is 1. The van der Waals surface area contributed by atoms with Crippen molar-refractivity contribution in [1.82, 2.24) is 14.8 Å². The molecular weight excluding hydrogens is 380 g/mol. The summed E-state index contributed by atoms with van der Waals surface area (Å²) < 4.78 is 1.95. The predicted molar refractivity (Wildman–Crippen MR) is 116 cm³/mol. The quantitative estimate of drug-likeness (QED) is 0.583. The smallest absolute Gasteiger partial charge is 0.240 e. The molecule has 1 aliphatic heterocycles. The van der Waals surface area contributed by atoms with Gasteiger partial charge in [0.2, 0.25) is 11.1 Å². The van der Waals surface area contributed by atoms with Gasteiger partial charge in [-0.25, -0.2) is 9.67 Å². The van der Waals surface area contributed by atoms with Gasteiger partial charge in [-0.3, -0.25) is 4.79 Å². The Hall–Kier alpha value is -2.60. The Balaban J connectivity index is 1.39. The fourth-order valence-corrected chi connectivity index (χ4v) is 4.83. The highest BCUT2D eigenvalue weighted by Gasteiger charge is 2.35. The Labute approximate surface area is 175 Å². The number of carbonyl (C=O) groups is 1. The van der Waals surface area contributed by atoms with Crippen LogP contribution in [0.1, 0.15) is 44.0 Å². The van der Waals surface area contributed by atoms with E-state index in [1.54, 1.807) is 0 Å². The minimum atomic E-state index is -0.248. The Kier molecular flexibility index (Phi) is 4.66. The van der Waals surface area contributed by atoms with Crippen molar-refractivity contribution >= 4 is 23.4 Å². The van der Waals surface area contributed by atoms with Crippen LogP contribution in [0, 0.1) is 0 Å². The summed E-state index contributed by atoms with van der Waals surface area (Å²) >= 11 is 1.46. The van der Waals surface area contributed by atoms with Crippen LogP contribution in [0.15, 0.2) is 59.8 Å². The van der Waals surface area contributed by atoms with E-state index in [1.807, 2.05) is 65.0 Å². The van der Waals surface area contributed by atoms with Crippen LogP contribution in [-0.2, 0) is 11.2 Å². The van der Waals surface area contributed by atoms with E-state index < -0.39 is 0 Å². The molecule has 0 unspecified atom stereocenters. The maximum atomic E-state index is 13.3. The zero-order valence-corrected chi connectivity index (χ0v) is 17.5. The Bertz CT molecular complexity index is 1040. The number of hydrogen-bond acceptors (Lipinski definition) is 4. The summed E-state index contributed by atoms with van der Waals surface area (Å²) in [6.45, 7) is 4.07. The maximum Gasteiger partial charge on any atom is 0.240 e. The molecule has 1 aromatic heterocycles. The van der Waals surface area contributed by atoms with Gasteiger partial charge in [-0.05, 0) is 56.9 Å². The fourth-order valence-electron chi connectivity index (χ4n) is 4.03. The van der Waals surface area contributed by atoms with Crippen LogP contribution in [0.3, 0.4) is 0 Å². The monoisotopic (exact) mass is 404 g/mol. The minimum absolute atomic E-state index is 0.122. The lowest BCUT2D eigenvalue weighted by Gasteiger charge is -2.25. The number of nitrogens with zero attached hydrogens (tertiary/aromatic N) is 4. The van der Waals surface area contributed by atoms with Crippen LogP contribution < -0.4 is 4.90 Å². The average molecular weight is 405 g/mol. The van der Waals surface area contributed by atoms with Crippen molar-refractivity contribution in [3.8, 4) is 5.69 Å².